The van der Waals surface area contributed by atoms with E-state index in [-0.39, 0.29) is 0 Å². The van der Waals surface area contributed by atoms with Crippen LogP contribution in [0.2, 0.25) is 0 Å². The molecule has 1 saturated heterocycles. The average molecular weight is 430 g/mol. The number of aryl methyl sites for hydroxylation is 1. The van der Waals surface area contributed by atoms with E-state index < -0.39 is 0 Å². The van der Waals surface area contributed by atoms with Crippen molar-refractivity contribution in [3.05, 3.63) is 109 Å². The van der Waals surface area contributed by atoms with Crippen LogP contribution in [0.3, 0.4) is 0 Å². The maximum absolute atomic E-state index is 3.56. The van der Waals surface area contributed by atoms with Gasteiger partial charge in [0.1, 0.15) is 0 Å². The number of allylic oxidation sites excluding steroid dienone is 1. The van der Waals surface area contributed by atoms with Crippen molar-refractivity contribution in [3.8, 4) is 11.1 Å². The summed E-state index contributed by atoms with van der Waals surface area (Å²) in [5.41, 5.74) is 5.04. The molecule has 1 aliphatic rings. The lowest BCUT2D eigenvalue weighted by Gasteiger charge is -2.40. The Hall–Kier alpha value is -2.64. The normalized spacial score (nSPS) is 14.2. The molecule has 1 aliphatic heterocycles. The molecule has 1 nitrogen and oxygen atoms in total. The van der Waals surface area contributed by atoms with E-state index in [0.29, 0.717) is 0 Å². The van der Waals surface area contributed by atoms with Crippen LogP contribution in [0.15, 0.2) is 103 Å². The lowest BCUT2D eigenvalue weighted by atomic mass is 10.0. The van der Waals surface area contributed by atoms with Crippen molar-refractivity contribution in [1.82, 2.24) is 4.90 Å². The predicted octanol–water partition coefficient (Wildman–Crippen LogP) is 8.81. The zero-order valence-corrected chi connectivity index (χ0v) is 20.9. The Bertz CT molecular complexity index is 781. The van der Waals surface area contributed by atoms with E-state index in [1.54, 1.807) is 0 Å². The number of likely N-dealkylation sites (tertiary alicyclic amines) is 1. The van der Waals surface area contributed by atoms with Gasteiger partial charge in [0.2, 0.25) is 0 Å². The summed E-state index contributed by atoms with van der Waals surface area (Å²) in [6.45, 7) is 16.8. The summed E-state index contributed by atoms with van der Waals surface area (Å²) < 4.78 is 0. The number of nitrogens with zero attached hydrogens (tertiary/aromatic N) is 1. The average Bonchev–Trinajstić information content (AvgIpc) is 2.79. The highest BCUT2D eigenvalue weighted by atomic mass is 15.2. The monoisotopic (exact) mass is 429 g/mol. The van der Waals surface area contributed by atoms with E-state index in [2.05, 4.69) is 92.9 Å². The van der Waals surface area contributed by atoms with Crippen LogP contribution in [0.1, 0.15) is 52.5 Å². The van der Waals surface area contributed by atoms with Crippen molar-refractivity contribution < 1.29 is 0 Å². The molecule has 0 aromatic heterocycles. The highest BCUT2D eigenvalue weighted by molar-refractivity contribution is 5.62. The molecule has 4 rings (SSSR count). The smallest absolute Gasteiger partial charge is 0.0105 e. The Morgan fingerprint density at radius 3 is 1.44 bits per heavy atom. The van der Waals surface area contributed by atoms with Crippen LogP contribution in [0, 0.1) is 6.92 Å². The summed E-state index contributed by atoms with van der Waals surface area (Å²) >= 11 is 0. The van der Waals surface area contributed by atoms with Crippen LogP contribution in [0.5, 0.6) is 0 Å². The van der Waals surface area contributed by atoms with Gasteiger partial charge in [-0.25, -0.2) is 0 Å². The van der Waals surface area contributed by atoms with Gasteiger partial charge < -0.3 is 4.90 Å². The molecule has 32 heavy (non-hydrogen) atoms. The zero-order valence-electron chi connectivity index (χ0n) is 20.9. The Morgan fingerprint density at radius 2 is 1.19 bits per heavy atom. The topological polar surface area (TPSA) is 3.24 Å². The summed E-state index contributed by atoms with van der Waals surface area (Å²) in [5, 5.41) is 0. The molecular formula is C31H43N. The van der Waals surface area contributed by atoms with Crippen LogP contribution in [-0.2, 0) is 0 Å². The summed E-state index contributed by atoms with van der Waals surface area (Å²) in [4.78, 5) is 2.58. The first-order valence-electron chi connectivity index (χ1n) is 12.0. The van der Waals surface area contributed by atoms with Gasteiger partial charge in [-0.05, 0) is 64.3 Å². The van der Waals surface area contributed by atoms with Crippen molar-refractivity contribution in [1.29, 1.82) is 0 Å². The Morgan fingerprint density at radius 1 is 0.781 bits per heavy atom. The van der Waals surface area contributed by atoms with E-state index in [9.17, 15) is 0 Å². The first kappa shape index (κ1) is 27.4. The molecule has 0 spiro atoms. The molecule has 0 N–H and O–H groups in total. The molecule has 1 unspecified atom stereocenters. The van der Waals surface area contributed by atoms with Crippen LogP contribution in [-0.4, -0.2) is 24.0 Å². The minimum atomic E-state index is 0.935. The molecule has 1 atom stereocenters. The van der Waals surface area contributed by atoms with Gasteiger partial charge in [0.15, 0.2) is 0 Å². The van der Waals surface area contributed by atoms with Crippen molar-refractivity contribution in [2.75, 3.05) is 13.1 Å². The van der Waals surface area contributed by atoms with Gasteiger partial charge in [0.25, 0.3) is 0 Å². The van der Waals surface area contributed by atoms with Crippen molar-refractivity contribution in [2.24, 2.45) is 0 Å². The second kappa shape index (κ2) is 17.0. The number of hydrogen-bond donors (Lipinski definition) is 0. The van der Waals surface area contributed by atoms with Crippen LogP contribution in [0.25, 0.3) is 11.1 Å². The minimum absolute atomic E-state index is 0.935. The standard InChI is InChI=1S/C12H10.C8H17N.C7H8.C4H8/c1-3-7-11(8-4-1)12-9-5-2-6-10-12;1-3-6-9-7-5-8(9)4-2;1-7-5-3-2-4-6-7;1-4(2)3/h1-10H;8H,3-7H2,1-2H3;2-6H,1H3;1H2,2-3H3. The molecule has 0 bridgehead atoms. The lowest BCUT2D eigenvalue weighted by Crippen LogP contribution is -2.47. The molecule has 3 aromatic carbocycles. The van der Waals surface area contributed by atoms with Gasteiger partial charge in [-0.1, -0.05) is 116 Å². The molecule has 0 aliphatic carbocycles. The van der Waals surface area contributed by atoms with Gasteiger partial charge in [0.05, 0.1) is 0 Å². The fraction of sp³-hybridized carbons (Fsp3) is 0.355. The number of rotatable bonds is 4. The van der Waals surface area contributed by atoms with E-state index >= 15 is 0 Å². The van der Waals surface area contributed by atoms with E-state index in [4.69, 9.17) is 0 Å². The second-order valence-electron chi connectivity index (χ2n) is 8.48. The lowest BCUT2D eigenvalue weighted by molar-refractivity contribution is 0.0880. The van der Waals surface area contributed by atoms with Crippen LogP contribution >= 0.6 is 0 Å². The largest absolute Gasteiger partial charge is 0.300 e. The second-order valence-corrected chi connectivity index (χ2v) is 8.48. The molecule has 1 heterocycles. The number of hydrogen-bond acceptors (Lipinski definition) is 1. The Kier molecular flexibility index (Phi) is 14.5. The summed E-state index contributed by atoms with van der Waals surface area (Å²) in [5.74, 6) is 0. The van der Waals surface area contributed by atoms with Crippen molar-refractivity contribution in [3.63, 3.8) is 0 Å². The molecule has 3 aromatic rings. The van der Waals surface area contributed by atoms with E-state index in [1.807, 2.05) is 44.2 Å². The zero-order chi connectivity index (χ0) is 23.6. The maximum atomic E-state index is 3.56. The fourth-order valence-corrected chi connectivity index (χ4v) is 3.33. The predicted molar refractivity (Wildman–Crippen MR) is 144 cm³/mol. The molecule has 0 amide bonds. The van der Waals surface area contributed by atoms with Crippen LogP contribution in [0.4, 0.5) is 0 Å². The fourth-order valence-electron chi connectivity index (χ4n) is 3.33. The molecule has 0 radical (unpaired) electrons. The van der Waals surface area contributed by atoms with Crippen LogP contribution < -0.4 is 0 Å². The molecule has 172 valence electrons. The minimum Gasteiger partial charge on any atom is -0.300 e. The van der Waals surface area contributed by atoms with Crippen molar-refractivity contribution >= 4 is 0 Å². The van der Waals surface area contributed by atoms with E-state index in [1.165, 1.54) is 54.6 Å². The first-order valence-corrected chi connectivity index (χ1v) is 12.0. The molecule has 1 fully saturated rings. The summed E-state index contributed by atoms with van der Waals surface area (Å²) in [6.07, 6.45) is 4.10. The third-order valence-corrected chi connectivity index (χ3v) is 5.07. The molecular weight excluding hydrogens is 386 g/mol. The van der Waals surface area contributed by atoms with Gasteiger partial charge in [0, 0.05) is 6.04 Å². The van der Waals surface area contributed by atoms with Gasteiger partial charge in [-0.15, -0.1) is 6.58 Å². The Balaban J connectivity index is 0.000000229. The molecule has 0 saturated carbocycles. The SMILES string of the molecule is C=C(C)C.CCCN1CCC1CC.Cc1ccccc1.c1ccc(-c2ccccc2)cc1. The third kappa shape index (κ3) is 12.3. The molecule has 1 heteroatoms. The highest BCUT2D eigenvalue weighted by Gasteiger charge is 2.24. The van der Waals surface area contributed by atoms with Gasteiger partial charge in [-0.2, -0.15) is 0 Å². The summed E-state index contributed by atoms with van der Waals surface area (Å²) in [7, 11) is 0. The highest BCUT2D eigenvalue weighted by Crippen LogP contribution is 2.19. The first-order chi connectivity index (χ1) is 15.5. The van der Waals surface area contributed by atoms with Gasteiger partial charge >= 0.3 is 0 Å². The van der Waals surface area contributed by atoms with Crippen molar-refractivity contribution in [2.45, 2.75) is 59.9 Å². The van der Waals surface area contributed by atoms with Gasteiger partial charge in [-0.3, -0.25) is 0 Å². The summed E-state index contributed by atoms with van der Waals surface area (Å²) in [6, 6.07) is 32.0. The van der Waals surface area contributed by atoms with E-state index in [0.717, 1.165) is 6.04 Å². The Labute approximate surface area is 197 Å². The number of benzene rings is 3. The maximum Gasteiger partial charge on any atom is 0.0105 e. The third-order valence-electron chi connectivity index (χ3n) is 5.07. The quantitative estimate of drug-likeness (QED) is 0.374.